The van der Waals surface area contributed by atoms with E-state index in [1.54, 1.807) is 11.0 Å². The number of benzene rings is 2. The molecule has 1 fully saturated rings. The summed E-state index contributed by atoms with van der Waals surface area (Å²) in [6.45, 7) is 11.5. The number of carbonyl (C=O) groups excluding carboxylic acids is 1. The molecule has 0 saturated carbocycles. The second-order valence-corrected chi connectivity index (χ2v) is 9.77. The Kier molecular flexibility index (Phi) is 7.57. The number of thioether (sulfide) groups is 1. The van der Waals surface area contributed by atoms with Crippen molar-refractivity contribution in [1.82, 2.24) is 4.90 Å². The molecular weight excluding hydrogens is 426 g/mol. The van der Waals surface area contributed by atoms with E-state index in [1.165, 1.54) is 17.3 Å². The van der Waals surface area contributed by atoms with Crippen LogP contribution < -0.4 is 9.47 Å². The van der Waals surface area contributed by atoms with E-state index in [1.807, 2.05) is 42.5 Å². The Balaban J connectivity index is 1.60. The number of para-hydroxylation sites is 1. The van der Waals surface area contributed by atoms with Gasteiger partial charge in [-0.3, -0.25) is 9.69 Å². The van der Waals surface area contributed by atoms with Crippen molar-refractivity contribution in [1.29, 1.82) is 0 Å². The molecule has 1 aliphatic rings. The van der Waals surface area contributed by atoms with Crippen molar-refractivity contribution in [3.63, 3.8) is 0 Å². The largest absolute Gasteiger partial charge is 0.490 e. The molecule has 2 aromatic rings. The second kappa shape index (κ2) is 10.2. The van der Waals surface area contributed by atoms with Crippen molar-refractivity contribution in [3.05, 3.63) is 77.2 Å². The van der Waals surface area contributed by atoms with Crippen molar-refractivity contribution in [3.8, 4) is 11.5 Å². The Bertz CT molecular complexity index is 991. The maximum atomic E-state index is 12.6. The van der Waals surface area contributed by atoms with Gasteiger partial charge in [-0.05, 0) is 35.3 Å². The Hall–Kier alpha value is -2.57. The van der Waals surface area contributed by atoms with Gasteiger partial charge in [0.1, 0.15) is 29.0 Å². The lowest BCUT2D eigenvalue weighted by atomic mass is 9.87. The fourth-order valence-corrected chi connectivity index (χ4v) is 4.29. The minimum atomic E-state index is -0.105. The van der Waals surface area contributed by atoms with Gasteiger partial charge in [-0.1, -0.05) is 81.2 Å². The van der Waals surface area contributed by atoms with E-state index in [9.17, 15) is 4.79 Å². The zero-order valence-electron chi connectivity index (χ0n) is 18.1. The van der Waals surface area contributed by atoms with E-state index in [0.717, 1.165) is 11.3 Å². The number of thiocarbonyl (C=S) groups is 1. The lowest BCUT2D eigenvalue weighted by Gasteiger charge is -2.19. The molecule has 0 aliphatic carbocycles. The molecule has 0 spiro atoms. The lowest BCUT2D eigenvalue weighted by Crippen LogP contribution is -2.27. The molecule has 0 bridgehead atoms. The maximum Gasteiger partial charge on any atom is 0.266 e. The van der Waals surface area contributed by atoms with Gasteiger partial charge in [-0.25, -0.2) is 0 Å². The summed E-state index contributed by atoms with van der Waals surface area (Å²) in [6.07, 6.45) is 3.49. The summed E-state index contributed by atoms with van der Waals surface area (Å²) in [4.78, 5) is 14.7. The summed E-state index contributed by atoms with van der Waals surface area (Å²) in [6, 6.07) is 15.8. The third-order valence-corrected chi connectivity index (χ3v) is 6.10. The molecule has 1 aliphatic heterocycles. The highest BCUT2D eigenvalue weighted by Gasteiger charge is 2.31. The fourth-order valence-electron chi connectivity index (χ4n) is 3.02. The van der Waals surface area contributed by atoms with Crippen LogP contribution in [0.5, 0.6) is 11.5 Å². The van der Waals surface area contributed by atoms with Gasteiger partial charge < -0.3 is 9.47 Å². The Morgan fingerprint density at radius 3 is 2.42 bits per heavy atom. The quantitative estimate of drug-likeness (QED) is 0.218. The van der Waals surface area contributed by atoms with Gasteiger partial charge in [0.25, 0.3) is 5.91 Å². The molecule has 0 atom stereocenters. The summed E-state index contributed by atoms with van der Waals surface area (Å²) in [5.74, 6) is 1.41. The summed E-state index contributed by atoms with van der Waals surface area (Å²) < 4.78 is 12.3. The Morgan fingerprint density at radius 1 is 1.06 bits per heavy atom. The van der Waals surface area contributed by atoms with Crippen LogP contribution in [0.3, 0.4) is 0 Å². The van der Waals surface area contributed by atoms with Crippen molar-refractivity contribution < 1.29 is 14.3 Å². The minimum absolute atomic E-state index is 0.105. The summed E-state index contributed by atoms with van der Waals surface area (Å²) in [5.41, 5.74) is 2.21. The smallest absolute Gasteiger partial charge is 0.266 e. The van der Waals surface area contributed by atoms with E-state index >= 15 is 0 Å². The first-order valence-electron chi connectivity index (χ1n) is 10.1. The molecule has 1 heterocycles. The number of nitrogens with zero attached hydrogens (tertiary/aromatic N) is 1. The summed E-state index contributed by atoms with van der Waals surface area (Å²) in [7, 11) is 0. The van der Waals surface area contributed by atoms with E-state index in [2.05, 4.69) is 39.5 Å². The summed E-state index contributed by atoms with van der Waals surface area (Å²) >= 11 is 6.60. The van der Waals surface area contributed by atoms with Crippen LogP contribution in [0.15, 0.2) is 66.1 Å². The highest BCUT2D eigenvalue weighted by molar-refractivity contribution is 8.26. The molecule has 4 nitrogen and oxygen atoms in total. The molecule has 162 valence electrons. The topological polar surface area (TPSA) is 38.8 Å². The van der Waals surface area contributed by atoms with Crippen LogP contribution in [-0.2, 0) is 10.2 Å². The van der Waals surface area contributed by atoms with Crippen molar-refractivity contribution >= 4 is 40.3 Å². The zero-order valence-corrected chi connectivity index (χ0v) is 19.7. The molecule has 3 rings (SSSR count). The highest BCUT2D eigenvalue weighted by atomic mass is 32.2. The SMILES string of the molecule is C=CCN1C(=O)C(=Cc2ccccc2OCCOc2ccc(C(C)(C)C)cc2)SC1=S. The molecule has 0 aromatic heterocycles. The van der Waals surface area contributed by atoms with Gasteiger partial charge in [0.2, 0.25) is 0 Å². The first-order chi connectivity index (χ1) is 14.8. The average Bonchev–Trinajstić information content (AvgIpc) is 3.00. The fraction of sp³-hybridized carbons (Fsp3) is 0.280. The molecule has 31 heavy (non-hydrogen) atoms. The minimum Gasteiger partial charge on any atom is -0.490 e. The third-order valence-electron chi connectivity index (χ3n) is 4.72. The maximum absolute atomic E-state index is 12.6. The highest BCUT2D eigenvalue weighted by Crippen LogP contribution is 2.34. The van der Waals surface area contributed by atoms with Gasteiger partial charge in [0, 0.05) is 12.1 Å². The predicted octanol–water partition coefficient (Wildman–Crippen LogP) is 5.83. The average molecular weight is 454 g/mol. The first-order valence-corrected chi connectivity index (χ1v) is 11.3. The van der Waals surface area contributed by atoms with Crippen LogP contribution in [0.25, 0.3) is 6.08 Å². The number of ether oxygens (including phenoxy) is 2. The van der Waals surface area contributed by atoms with Crippen molar-refractivity contribution in [2.24, 2.45) is 0 Å². The standard InChI is InChI=1S/C25H27NO3S2/c1-5-14-26-23(27)22(31-24(26)30)17-18-8-6-7-9-21(18)29-16-15-28-20-12-10-19(11-13-20)25(2,3)4/h5-13,17H,1,14-16H2,2-4H3. The predicted molar refractivity (Wildman–Crippen MR) is 133 cm³/mol. The van der Waals surface area contributed by atoms with Crippen LogP contribution >= 0.6 is 24.0 Å². The van der Waals surface area contributed by atoms with Crippen LogP contribution in [0.1, 0.15) is 31.9 Å². The van der Waals surface area contributed by atoms with Gasteiger partial charge in [-0.2, -0.15) is 0 Å². The van der Waals surface area contributed by atoms with E-state index in [-0.39, 0.29) is 11.3 Å². The van der Waals surface area contributed by atoms with Gasteiger partial charge in [-0.15, -0.1) is 6.58 Å². The summed E-state index contributed by atoms with van der Waals surface area (Å²) in [5, 5.41) is 0. The van der Waals surface area contributed by atoms with Crippen LogP contribution in [0.2, 0.25) is 0 Å². The Morgan fingerprint density at radius 2 is 1.74 bits per heavy atom. The molecule has 6 heteroatoms. The number of amides is 1. The molecule has 0 N–H and O–H groups in total. The van der Waals surface area contributed by atoms with E-state index in [4.69, 9.17) is 21.7 Å². The second-order valence-electron chi connectivity index (χ2n) is 8.09. The molecule has 2 aromatic carbocycles. The zero-order chi connectivity index (χ0) is 22.4. The Labute approximate surface area is 193 Å². The number of carbonyl (C=O) groups is 1. The van der Waals surface area contributed by atoms with Crippen molar-refractivity contribution in [2.75, 3.05) is 19.8 Å². The van der Waals surface area contributed by atoms with Crippen LogP contribution in [0.4, 0.5) is 0 Å². The molecule has 0 radical (unpaired) electrons. The molecule has 1 saturated heterocycles. The third kappa shape index (κ3) is 5.99. The van der Waals surface area contributed by atoms with Gasteiger partial charge in [0.05, 0.1) is 4.91 Å². The number of hydrogen-bond acceptors (Lipinski definition) is 5. The van der Waals surface area contributed by atoms with Gasteiger partial charge >= 0.3 is 0 Å². The number of hydrogen-bond donors (Lipinski definition) is 0. The molecular formula is C25H27NO3S2. The van der Waals surface area contributed by atoms with E-state index < -0.39 is 0 Å². The lowest BCUT2D eigenvalue weighted by molar-refractivity contribution is -0.121. The number of rotatable bonds is 8. The van der Waals surface area contributed by atoms with Crippen molar-refractivity contribution in [2.45, 2.75) is 26.2 Å². The monoisotopic (exact) mass is 453 g/mol. The van der Waals surface area contributed by atoms with E-state index in [0.29, 0.717) is 34.7 Å². The normalized spacial score (nSPS) is 15.5. The van der Waals surface area contributed by atoms with Crippen LogP contribution in [-0.4, -0.2) is 34.9 Å². The van der Waals surface area contributed by atoms with Crippen LogP contribution in [0, 0.1) is 0 Å². The first kappa shape index (κ1) is 23.1. The molecule has 1 amide bonds. The molecule has 0 unspecified atom stereocenters. The van der Waals surface area contributed by atoms with Gasteiger partial charge in [0.15, 0.2) is 0 Å².